The molecule has 4 N–H and O–H groups in total. The second kappa shape index (κ2) is 5.24. The summed E-state index contributed by atoms with van der Waals surface area (Å²) >= 11 is 0. The van der Waals surface area contributed by atoms with Crippen LogP contribution in [0.4, 0.5) is 20.2 Å². The third-order valence-electron chi connectivity index (χ3n) is 3.35. The molecule has 1 aliphatic rings. The van der Waals surface area contributed by atoms with Gasteiger partial charge in [0.05, 0.1) is 24.6 Å². The van der Waals surface area contributed by atoms with Gasteiger partial charge in [0.25, 0.3) is 5.91 Å². The number of hydrogen-bond acceptors (Lipinski definition) is 4. The molecule has 5 nitrogen and oxygen atoms in total. The van der Waals surface area contributed by atoms with Crippen LogP contribution >= 0.6 is 0 Å². The summed E-state index contributed by atoms with van der Waals surface area (Å²) in [5.41, 5.74) is 11.5. The van der Waals surface area contributed by atoms with Crippen LogP contribution in [0.15, 0.2) is 12.1 Å². The van der Waals surface area contributed by atoms with Gasteiger partial charge in [-0.05, 0) is 24.6 Å². The molecule has 2 rings (SSSR count). The van der Waals surface area contributed by atoms with Gasteiger partial charge in [0, 0.05) is 18.7 Å². The van der Waals surface area contributed by atoms with Crippen molar-refractivity contribution in [3.8, 4) is 0 Å². The van der Waals surface area contributed by atoms with Gasteiger partial charge >= 0.3 is 5.92 Å². The Morgan fingerprint density at radius 2 is 1.90 bits per heavy atom. The second-order valence-corrected chi connectivity index (χ2v) is 4.78. The molecule has 0 bridgehead atoms. The van der Waals surface area contributed by atoms with E-state index in [4.69, 9.17) is 16.2 Å². The molecular formula is C13H17F2N3O2. The first kappa shape index (κ1) is 14.5. The van der Waals surface area contributed by atoms with Gasteiger partial charge in [0.15, 0.2) is 0 Å². The van der Waals surface area contributed by atoms with Crippen LogP contribution in [0.25, 0.3) is 0 Å². The van der Waals surface area contributed by atoms with E-state index in [0.29, 0.717) is 5.56 Å². The molecule has 0 radical (unpaired) electrons. The van der Waals surface area contributed by atoms with E-state index < -0.39 is 17.4 Å². The zero-order valence-corrected chi connectivity index (χ0v) is 11.2. The van der Waals surface area contributed by atoms with E-state index in [9.17, 15) is 13.6 Å². The van der Waals surface area contributed by atoms with Crippen molar-refractivity contribution in [1.29, 1.82) is 0 Å². The van der Waals surface area contributed by atoms with Gasteiger partial charge in [-0.15, -0.1) is 0 Å². The third-order valence-corrected chi connectivity index (χ3v) is 3.35. The highest BCUT2D eigenvalue weighted by atomic mass is 19.3. The van der Waals surface area contributed by atoms with Gasteiger partial charge in [0.2, 0.25) is 0 Å². The number of benzene rings is 1. The van der Waals surface area contributed by atoms with Crippen LogP contribution in [0.2, 0.25) is 0 Å². The van der Waals surface area contributed by atoms with Crippen molar-refractivity contribution < 1.29 is 18.3 Å². The number of hydrogen-bond donors (Lipinski definition) is 2. The number of halogens is 2. The minimum absolute atomic E-state index is 0.0504. The van der Waals surface area contributed by atoms with Crippen molar-refractivity contribution in [3.63, 3.8) is 0 Å². The number of rotatable bonds is 2. The summed E-state index contributed by atoms with van der Waals surface area (Å²) in [6.07, 6.45) is 0. The summed E-state index contributed by atoms with van der Waals surface area (Å²) in [6.45, 7) is 2.44. The average molecular weight is 285 g/mol. The molecule has 0 aromatic heterocycles. The van der Waals surface area contributed by atoms with Gasteiger partial charge in [-0.3, -0.25) is 4.79 Å². The summed E-state index contributed by atoms with van der Waals surface area (Å²) < 4.78 is 33.6. The largest absolute Gasteiger partial charge is 0.397 e. The molecule has 0 unspecified atom stereocenters. The summed E-state index contributed by atoms with van der Waals surface area (Å²) in [6, 6.07) is 2.25. The number of carbonyl (C=O) groups excluding carboxylic acids is 1. The SMILES string of the molecule is Cc1cc(C(F)(F)C(=O)N2CCOCC2)cc(N)c1N. The summed E-state index contributed by atoms with van der Waals surface area (Å²) in [5, 5.41) is 0. The predicted molar refractivity (Wildman–Crippen MR) is 71.3 cm³/mol. The van der Waals surface area contributed by atoms with E-state index in [1.807, 2.05) is 0 Å². The van der Waals surface area contributed by atoms with Crippen LogP contribution in [0.1, 0.15) is 11.1 Å². The fourth-order valence-electron chi connectivity index (χ4n) is 2.10. The van der Waals surface area contributed by atoms with Crippen molar-refractivity contribution in [2.75, 3.05) is 37.8 Å². The summed E-state index contributed by atoms with van der Waals surface area (Å²) in [5.74, 6) is -4.85. The molecule has 1 aromatic carbocycles. The molecule has 1 heterocycles. The summed E-state index contributed by atoms with van der Waals surface area (Å²) in [7, 11) is 0. The highest BCUT2D eigenvalue weighted by Gasteiger charge is 2.44. The number of amides is 1. The molecule has 1 fully saturated rings. The molecule has 7 heteroatoms. The fourth-order valence-corrected chi connectivity index (χ4v) is 2.10. The first-order valence-corrected chi connectivity index (χ1v) is 6.25. The number of nitrogens with two attached hydrogens (primary N) is 2. The van der Waals surface area contributed by atoms with Crippen molar-refractivity contribution in [1.82, 2.24) is 4.90 Å². The van der Waals surface area contributed by atoms with Gasteiger partial charge < -0.3 is 21.1 Å². The van der Waals surface area contributed by atoms with E-state index in [1.165, 1.54) is 6.07 Å². The van der Waals surface area contributed by atoms with E-state index >= 15 is 0 Å². The van der Waals surface area contributed by atoms with E-state index in [-0.39, 0.29) is 37.7 Å². The molecular weight excluding hydrogens is 268 g/mol. The Hall–Kier alpha value is -1.89. The molecule has 1 amide bonds. The van der Waals surface area contributed by atoms with Crippen LogP contribution in [-0.4, -0.2) is 37.1 Å². The zero-order chi connectivity index (χ0) is 14.9. The smallest absolute Gasteiger partial charge is 0.350 e. The Balaban J connectivity index is 2.31. The number of anilines is 2. The average Bonchev–Trinajstić information content (AvgIpc) is 2.44. The Bertz CT molecular complexity index is 505. The zero-order valence-electron chi connectivity index (χ0n) is 11.2. The number of ether oxygens (including phenoxy) is 1. The molecule has 0 atom stereocenters. The normalized spacial score (nSPS) is 16.2. The predicted octanol–water partition coefficient (Wildman–Crippen LogP) is 1.11. The Labute approximate surface area is 115 Å². The quantitative estimate of drug-likeness (QED) is 0.798. The first-order chi connectivity index (χ1) is 9.34. The Morgan fingerprint density at radius 1 is 1.30 bits per heavy atom. The summed E-state index contributed by atoms with van der Waals surface area (Å²) in [4.78, 5) is 13.1. The van der Waals surface area contributed by atoms with Crippen molar-refractivity contribution >= 4 is 17.3 Å². The first-order valence-electron chi connectivity index (χ1n) is 6.25. The molecule has 0 saturated carbocycles. The second-order valence-electron chi connectivity index (χ2n) is 4.78. The lowest BCUT2D eigenvalue weighted by Gasteiger charge is -2.30. The molecule has 110 valence electrons. The van der Waals surface area contributed by atoms with Gasteiger partial charge in [-0.2, -0.15) is 8.78 Å². The molecule has 1 saturated heterocycles. The number of nitrogens with zero attached hydrogens (tertiary/aromatic N) is 1. The van der Waals surface area contributed by atoms with Gasteiger partial charge in [-0.25, -0.2) is 0 Å². The maximum Gasteiger partial charge on any atom is 0.350 e. The molecule has 1 aromatic rings. The minimum Gasteiger partial charge on any atom is -0.397 e. The van der Waals surface area contributed by atoms with Crippen LogP contribution < -0.4 is 11.5 Å². The molecule has 0 spiro atoms. The number of aryl methyl sites for hydroxylation is 1. The maximum atomic E-state index is 14.3. The van der Waals surface area contributed by atoms with E-state index in [2.05, 4.69) is 0 Å². The lowest BCUT2D eigenvalue weighted by atomic mass is 10.0. The number of carbonyl (C=O) groups is 1. The van der Waals surface area contributed by atoms with Crippen molar-refractivity contribution in [2.45, 2.75) is 12.8 Å². The lowest BCUT2D eigenvalue weighted by Crippen LogP contribution is -2.47. The van der Waals surface area contributed by atoms with E-state index in [0.717, 1.165) is 11.0 Å². The molecule has 20 heavy (non-hydrogen) atoms. The van der Waals surface area contributed by atoms with Gasteiger partial charge in [-0.1, -0.05) is 0 Å². The number of alkyl halides is 2. The monoisotopic (exact) mass is 285 g/mol. The highest BCUT2D eigenvalue weighted by molar-refractivity contribution is 5.86. The van der Waals surface area contributed by atoms with Gasteiger partial charge in [0.1, 0.15) is 0 Å². The van der Waals surface area contributed by atoms with Crippen molar-refractivity contribution in [3.05, 3.63) is 23.3 Å². The van der Waals surface area contributed by atoms with E-state index in [1.54, 1.807) is 6.92 Å². The van der Waals surface area contributed by atoms with Crippen molar-refractivity contribution in [2.24, 2.45) is 0 Å². The Kier molecular flexibility index (Phi) is 3.80. The molecule has 1 aliphatic heterocycles. The van der Waals surface area contributed by atoms with Crippen LogP contribution in [0.5, 0.6) is 0 Å². The standard InChI is InChI=1S/C13H17F2N3O2/c1-8-6-9(7-10(16)11(8)17)13(14,15)12(19)18-2-4-20-5-3-18/h6-7H,2-5,16-17H2,1H3. The number of morpholine rings is 1. The highest BCUT2D eigenvalue weighted by Crippen LogP contribution is 2.34. The van der Waals surface area contributed by atoms with Crippen LogP contribution in [0.3, 0.4) is 0 Å². The Morgan fingerprint density at radius 3 is 2.45 bits per heavy atom. The maximum absolute atomic E-state index is 14.3. The molecule has 0 aliphatic carbocycles. The topological polar surface area (TPSA) is 81.6 Å². The van der Waals surface area contributed by atoms with Crippen LogP contribution in [-0.2, 0) is 15.5 Å². The minimum atomic E-state index is -3.62. The lowest BCUT2D eigenvalue weighted by molar-refractivity contribution is -0.163. The third kappa shape index (κ3) is 2.53. The fraction of sp³-hybridized carbons (Fsp3) is 0.462. The van der Waals surface area contributed by atoms with Crippen LogP contribution in [0, 0.1) is 6.92 Å². The number of nitrogen functional groups attached to an aromatic ring is 2.